The second-order valence-electron chi connectivity index (χ2n) is 4.43. The number of nitrogens with one attached hydrogen (secondary N) is 2. The molecule has 0 unspecified atom stereocenters. The van der Waals surface area contributed by atoms with Crippen molar-refractivity contribution in [1.29, 1.82) is 0 Å². The van der Waals surface area contributed by atoms with Crippen molar-refractivity contribution in [1.82, 2.24) is 10.7 Å². The first-order valence-corrected chi connectivity index (χ1v) is 6.54. The zero-order valence-corrected chi connectivity index (χ0v) is 12.0. The number of amides is 2. The van der Waals surface area contributed by atoms with Crippen molar-refractivity contribution in [3.05, 3.63) is 10.1 Å². The maximum absolute atomic E-state index is 11.8. The van der Waals surface area contributed by atoms with Crippen LogP contribution in [0.2, 0.25) is 0 Å². The molecule has 0 saturated carbocycles. The first-order valence-electron chi connectivity index (χ1n) is 6.54. The number of guanidine groups is 1. The summed E-state index contributed by atoms with van der Waals surface area (Å²) in [7, 11) is 0. The Bertz CT molecular complexity index is 427. The second kappa shape index (κ2) is 10.3. The zero-order valence-electron chi connectivity index (χ0n) is 12.0. The Balaban J connectivity index is 4.15. The molecule has 0 aromatic heterocycles. The lowest BCUT2D eigenvalue weighted by atomic mass is 10.1. The maximum atomic E-state index is 11.8. The van der Waals surface area contributed by atoms with E-state index in [1.165, 1.54) is 0 Å². The van der Waals surface area contributed by atoms with Crippen LogP contribution in [0.4, 0.5) is 0 Å². The molecule has 0 aliphatic carbocycles. The summed E-state index contributed by atoms with van der Waals surface area (Å²) in [5.74, 6) is -1.55. The molecule has 0 aliphatic rings. The number of hydrogen-bond donors (Lipinski definition) is 6. The summed E-state index contributed by atoms with van der Waals surface area (Å²) in [6, 6.07) is -1.72. The lowest BCUT2D eigenvalue weighted by Gasteiger charge is -2.17. The van der Waals surface area contributed by atoms with E-state index in [0.717, 1.165) is 0 Å². The molecule has 2 atom stereocenters. The van der Waals surface area contributed by atoms with Crippen molar-refractivity contribution in [3.63, 3.8) is 0 Å². The number of primary amides is 1. The number of carbonyl (C=O) groups excluding carboxylic acids is 2. The summed E-state index contributed by atoms with van der Waals surface area (Å²) in [6.45, 7) is 0.357. The fourth-order valence-electron chi connectivity index (χ4n) is 1.50. The lowest BCUT2D eigenvalue weighted by molar-refractivity contribution is -0.525. The molecule has 0 fully saturated rings. The van der Waals surface area contributed by atoms with Gasteiger partial charge in [0.25, 0.3) is 5.96 Å². The van der Waals surface area contributed by atoms with Gasteiger partial charge in [-0.2, -0.15) is 0 Å². The van der Waals surface area contributed by atoms with E-state index < -0.39 is 28.9 Å². The van der Waals surface area contributed by atoms with Crippen LogP contribution < -0.4 is 33.7 Å². The van der Waals surface area contributed by atoms with Crippen LogP contribution in [0.3, 0.4) is 0 Å². The van der Waals surface area contributed by atoms with Crippen LogP contribution in [-0.2, 0) is 9.59 Å². The minimum Gasteiger partial charge on any atom is -0.368 e. The molecule has 22 heavy (non-hydrogen) atoms. The zero-order chi connectivity index (χ0) is 17.1. The minimum atomic E-state index is -0.862. The van der Waals surface area contributed by atoms with Gasteiger partial charge in [0.15, 0.2) is 5.03 Å². The molecule has 2 amide bonds. The van der Waals surface area contributed by atoms with Crippen LogP contribution in [0.1, 0.15) is 19.3 Å². The molecule has 0 rings (SSSR count). The molecular formula is C10H22N8O4. The van der Waals surface area contributed by atoms with E-state index >= 15 is 0 Å². The van der Waals surface area contributed by atoms with E-state index in [1.54, 1.807) is 5.43 Å². The van der Waals surface area contributed by atoms with E-state index in [1.807, 2.05) is 0 Å². The highest BCUT2D eigenvalue weighted by molar-refractivity contribution is 5.88. The smallest absolute Gasteiger partial charge is 0.251 e. The number of rotatable bonds is 10. The van der Waals surface area contributed by atoms with Crippen LogP contribution in [0.5, 0.6) is 0 Å². The minimum absolute atomic E-state index is 0.162. The average molecular weight is 318 g/mol. The summed E-state index contributed by atoms with van der Waals surface area (Å²) in [5.41, 5.74) is 23.0. The summed E-state index contributed by atoms with van der Waals surface area (Å²) in [6.07, 6.45) is 0.864. The predicted octanol–water partition coefficient (Wildman–Crippen LogP) is -3.49. The normalized spacial score (nSPS) is 14.0. The number of nitro groups is 1. The molecule has 0 saturated heterocycles. The highest BCUT2D eigenvalue weighted by atomic mass is 16.7. The summed E-state index contributed by atoms with van der Waals surface area (Å²) >= 11 is 0. The van der Waals surface area contributed by atoms with E-state index in [9.17, 15) is 19.7 Å². The summed E-state index contributed by atoms with van der Waals surface area (Å²) in [5, 5.41) is 11.6. The third-order valence-electron chi connectivity index (χ3n) is 2.61. The molecule has 0 aromatic carbocycles. The van der Waals surface area contributed by atoms with E-state index in [2.05, 4.69) is 10.3 Å². The molecule has 0 aliphatic heterocycles. The number of nitrogens with zero attached hydrogens (tertiary/aromatic N) is 2. The van der Waals surface area contributed by atoms with Crippen molar-refractivity contribution in [2.24, 2.45) is 27.9 Å². The number of hydrazine groups is 1. The van der Waals surface area contributed by atoms with Crippen molar-refractivity contribution in [2.45, 2.75) is 31.3 Å². The van der Waals surface area contributed by atoms with Gasteiger partial charge in [-0.3, -0.25) is 9.59 Å². The average Bonchev–Trinajstić information content (AvgIpc) is 2.41. The molecule has 0 aromatic rings. The number of hydrogen-bond acceptors (Lipinski definition) is 7. The first-order chi connectivity index (χ1) is 10.3. The quantitative estimate of drug-likeness (QED) is 0.0778. The van der Waals surface area contributed by atoms with Crippen LogP contribution in [0, 0.1) is 10.1 Å². The van der Waals surface area contributed by atoms with Gasteiger partial charge in [0.2, 0.25) is 11.8 Å². The highest BCUT2D eigenvalue weighted by Gasteiger charge is 2.20. The van der Waals surface area contributed by atoms with Gasteiger partial charge in [-0.25, -0.2) is 15.1 Å². The molecule has 0 bridgehead atoms. The van der Waals surface area contributed by atoms with Gasteiger partial charge in [-0.05, 0) is 25.8 Å². The third kappa shape index (κ3) is 8.65. The molecule has 0 spiro atoms. The molecule has 126 valence electrons. The van der Waals surface area contributed by atoms with Crippen molar-refractivity contribution < 1.29 is 14.6 Å². The van der Waals surface area contributed by atoms with Crippen LogP contribution in [-0.4, -0.2) is 48.0 Å². The number of carbonyl (C=O) groups is 2. The Kier molecular flexibility index (Phi) is 9.13. The second-order valence-corrected chi connectivity index (χ2v) is 4.43. The highest BCUT2D eigenvalue weighted by Crippen LogP contribution is 1.97. The van der Waals surface area contributed by atoms with Crippen molar-refractivity contribution in [3.8, 4) is 0 Å². The molecule has 0 heterocycles. The van der Waals surface area contributed by atoms with Crippen LogP contribution >= 0.6 is 0 Å². The van der Waals surface area contributed by atoms with E-state index in [0.29, 0.717) is 6.42 Å². The number of aliphatic imine (C=N–C) groups is 1. The summed E-state index contributed by atoms with van der Waals surface area (Å²) in [4.78, 5) is 36.6. The van der Waals surface area contributed by atoms with Gasteiger partial charge < -0.3 is 28.3 Å². The molecule has 0 radical (unpaired) electrons. The van der Waals surface area contributed by atoms with Gasteiger partial charge in [0, 0.05) is 6.54 Å². The monoisotopic (exact) mass is 318 g/mol. The number of nitrogens with two attached hydrogens (primary N) is 4. The van der Waals surface area contributed by atoms with Gasteiger partial charge in [0.05, 0.1) is 6.04 Å². The van der Waals surface area contributed by atoms with Gasteiger partial charge in [0.1, 0.15) is 6.04 Å². The Morgan fingerprint density at radius 2 is 1.91 bits per heavy atom. The maximum Gasteiger partial charge on any atom is 0.251 e. The van der Waals surface area contributed by atoms with Crippen LogP contribution in [0.15, 0.2) is 4.99 Å². The van der Waals surface area contributed by atoms with Crippen molar-refractivity contribution >= 4 is 17.8 Å². The topological polar surface area (TPSA) is 218 Å². The Morgan fingerprint density at radius 1 is 1.27 bits per heavy atom. The molecule has 12 heteroatoms. The summed E-state index contributed by atoms with van der Waals surface area (Å²) < 4.78 is 0. The predicted molar refractivity (Wildman–Crippen MR) is 78.6 cm³/mol. The van der Waals surface area contributed by atoms with Crippen LogP contribution in [0.25, 0.3) is 0 Å². The van der Waals surface area contributed by atoms with E-state index in [4.69, 9.17) is 22.9 Å². The molecule has 12 nitrogen and oxygen atoms in total. The lowest BCUT2D eigenvalue weighted by Crippen LogP contribution is -2.51. The fourth-order valence-corrected chi connectivity index (χ4v) is 1.50. The first kappa shape index (κ1) is 19.5. The Hall–Kier alpha value is -2.47. The van der Waals surface area contributed by atoms with Gasteiger partial charge >= 0.3 is 0 Å². The molecular weight excluding hydrogens is 296 g/mol. The Morgan fingerprint density at radius 3 is 2.41 bits per heavy atom. The fraction of sp³-hybridized carbons (Fsp3) is 0.700. The van der Waals surface area contributed by atoms with E-state index in [-0.39, 0.29) is 31.9 Å². The third-order valence-corrected chi connectivity index (χ3v) is 2.61. The molecule has 10 N–H and O–H groups in total. The standard InChI is InChI=1S/C10H22N8O4/c11-4-3-7(8(13)19)16-9(20)6(12)2-1-5-15-10(14)17-18(21)22/h6-7H,1-5,11-12H2,(H2,13,19)(H,16,20)(H3,14,15,17)/t6-,7+/m0/s1. The Labute approximate surface area is 126 Å². The SMILES string of the molecule is NCC[C@@H](NC(=O)[C@@H](N)CCCN=C(N)N[N+](=O)[O-])C(N)=O. The van der Waals surface area contributed by atoms with Crippen molar-refractivity contribution in [2.75, 3.05) is 13.1 Å². The van der Waals surface area contributed by atoms with Gasteiger partial charge in [-0.15, -0.1) is 0 Å². The largest absolute Gasteiger partial charge is 0.368 e. The van der Waals surface area contributed by atoms with Gasteiger partial charge in [-0.1, -0.05) is 5.43 Å².